The van der Waals surface area contributed by atoms with E-state index < -0.39 is 0 Å². The molecule has 108 valence electrons. The smallest absolute Gasteiger partial charge is 0.0643 e. The van der Waals surface area contributed by atoms with Crippen molar-refractivity contribution in [2.45, 2.75) is 39.2 Å². The second-order valence-electron chi connectivity index (χ2n) is 5.29. The summed E-state index contributed by atoms with van der Waals surface area (Å²) in [4.78, 5) is 0. The number of nitrogens with zero attached hydrogens (tertiary/aromatic N) is 2. The molecule has 1 atom stereocenters. The van der Waals surface area contributed by atoms with Crippen LogP contribution in [0, 0.1) is 0 Å². The normalized spacial score (nSPS) is 12.6. The summed E-state index contributed by atoms with van der Waals surface area (Å²) in [6.45, 7) is 5.42. The molecule has 2 rings (SSSR count). The van der Waals surface area contributed by atoms with Crippen LogP contribution < -0.4 is 5.32 Å². The molecular weight excluding hydrogens is 246 g/mol. The van der Waals surface area contributed by atoms with Crippen LogP contribution in [-0.2, 0) is 19.9 Å². The van der Waals surface area contributed by atoms with Crippen LogP contribution >= 0.6 is 0 Å². The van der Waals surface area contributed by atoms with Crippen molar-refractivity contribution in [3.05, 3.63) is 53.3 Å². The third-order valence-electron chi connectivity index (χ3n) is 3.61. The Kier molecular flexibility index (Phi) is 5.36. The largest absolute Gasteiger partial charge is 0.310 e. The van der Waals surface area contributed by atoms with Gasteiger partial charge in [-0.25, -0.2) is 0 Å². The second kappa shape index (κ2) is 7.25. The molecule has 3 heteroatoms. The van der Waals surface area contributed by atoms with Gasteiger partial charge in [0.1, 0.15) is 0 Å². The number of nitrogens with one attached hydrogen (secondary N) is 1. The number of hydrogen-bond acceptors (Lipinski definition) is 2. The van der Waals surface area contributed by atoms with Crippen molar-refractivity contribution in [2.75, 3.05) is 6.54 Å². The molecule has 0 fully saturated rings. The Morgan fingerprint density at radius 2 is 1.90 bits per heavy atom. The number of aromatic nitrogens is 2. The molecule has 0 amide bonds. The molecule has 0 aliphatic heterocycles. The average Bonchev–Trinajstić information content (AvgIpc) is 2.89. The van der Waals surface area contributed by atoms with Gasteiger partial charge >= 0.3 is 0 Å². The van der Waals surface area contributed by atoms with E-state index in [1.165, 1.54) is 11.1 Å². The zero-order valence-corrected chi connectivity index (χ0v) is 12.8. The van der Waals surface area contributed by atoms with E-state index >= 15 is 0 Å². The van der Waals surface area contributed by atoms with Gasteiger partial charge in [0.25, 0.3) is 0 Å². The minimum absolute atomic E-state index is 0.343. The van der Waals surface area contributed by atoms with Crippen LogP contribution in [0.15, 0.2) is 36.5 Å². The number of rotatable bonds is 7. The molecule has 0 radical (unpaired) electrons. The SMILES string of the molecule is CCCNC(Cc1ccn(C)n1)c1ccc(CC)cc1. The van der Waals surface area contributed by atoms with Gasteiger partial charge in [-0.15, -0.1) is 0 Å². The third-order valence-corrected chi connectivity index (χ3v) is 3.61. The molecule has 1 aromatic heterocycles. The molecule has 1 N–H and O–H groups in total. The zero-order chi connectivity index (χ0) is 14.4. The highest BCUT2D eigenvalue weighted by Crippen LogP contribution is 2.18. The molecule has 2 aromatic rings. The topological polar surface area (TPSA) is 29.9 Å². The first-order valence-corrected chi connectivity index (χ1v) is 7.53. The maximum Gasteiger partial charge on any atom is 0.0643 e. The van der Waals surface area contributed by atoms with Crippen LogP contribution in [0.5, 0.6) is 0 Å². The summed E-state index contributed by atoms with van der Waals surface area (Å²) in [6, 6.07) is 11.4. The van der Waals surface area contributed by atoms with E-state index in [0.717, 1.165) is 31.5 Å². The highest BCUT2D eigenvalue weighted by Gasteiger charge is 2.13. The molecule has 0 saturated heterocycles. The van der Waals surface area contributed by atoms with Crippen LogP contribution in [0.2, 0.25) is 0 Å². The van der Waals surface area contributed by atoms with Crippen molar-refractivity contribution in [2.24, 2.45) is 7.05 Å². The van der Waals surface area contributed by atoms with Crippen molar-refractivity contribution in [3.63, 3.8) is 0 Å². The Morgan fingerprint density at radius 3 is 2.45 bits per heavy atom. The van der Waals surface area contributed by atoms with Gasteiger partial charge in [0.15, 0.2) is 0 Å². The van der Waals surface area contributed by atoms with Crippen LogP contribution in [0.4, 0.5) is 0 Å². The number of aryl methyl sites for hydroxylation is 2. The van der Waals surface area contributed by atoms with Gasteiger partial charge in [-0.1, -0.05) is 38.1 Å². The van der Waals surface area contributed by atoms with Gasteiger partial charge in [0.2, 0.25) is 0 Å². The molecular formula is C17H25N3. The van der Waals surface area contributed by atoms with E-state index in [4.69, 9.17) is 0 Å². The lowest BCUT2D eigenvalue weighted by Gasteiger charge is -2.18. The highest BCUT2D eigenvalue weighted by molar-refractivity contribution is 5.26. The Hall–Kier alpha value is -1.61. The zero-order valence-electron chi connectivity index (χ0n) is 12.8. The van der Waals surface area contributed by atoms with Gasteiger partial charge in [-0.2, -0.15) is 5.10 Å². The maximum absolute atomic E-state index is 4.49. The summed E-state index contributed by atoms with van der Waals surface area (Å²) in [6.07, 6.45) is 5.18. The van der Waals surface area contributed by atoms with Crippen molar-refractivity contribution < 1.29 is 0 Å². The van der Waals surface area contributed by atoms with Crippen molar-refractivity contribution >= 4 is 0 Å². The van der Waals surface area contributed by atoms with Crippen molar-refractivity contribution in [1.29, 1.82) is 0 Å². The van der Waals surface area contributed by atoms with Crippen molar-refractivity contribution in [3.8, 4) is 0 Å². The van der Waals surface area contributed by atoms with E-state index in [9.17, 15) is 0 Å². The van der Waals surface area contributed by atoms with Crippen LogP contribution in [0.1, 0.15) is 43.1 Å². The Bertz CT molecular complexity index is 513. The molecule has 3 nitrogen and oxygen atoms in total. The third kappa shape index (κ3) is 3.94. The molecule has 0 aliphatic carbocycles. The predicted molar refractivity (Wildman–Crippen MR) is 83.8 cm³/mol. The fourth-order valence-electron chi connectivity index (χ4n) is 2.39. The summed E-state index contributed by atoms with van der Waals surface area (Å²) in [5.41, 5.74) is 3.88. The Labute approximate surface area is 122 Å². The van der Waals surface area contributed by atoms with Gasteiger partial charge in [0, 0.05) is 25.7 Å². The molecule has 1 unspecified atom stereocenters. The van der Waals surface area contributed by atoms with Gasteiger partial charge < -0.3 is 5.32 Å². The van der Waals surface area contributed by atoms with E-state index in [0.29, 0.717) is 6.04 Å². The molecule has 0 saturated carbocycles. The fraction of sp³-hybridized carbons (Fsp3) is 0.471. The van der Waals surface area contributed by atoms with E-state index in [1.54, 1.807) is 0 Å². The predicted octanol–water partition coefficient (Wildman–Crippen LogP) is 3.27. The quantitative estimate of drug-likeness (QED) is 0.837. The fourth-order valence-corrected chi connectivity index (χ4v) is 2.39. The molecule has 1 aromatic carbocycles. The second-order valence-corrected chi connectivity index (χ2v) is 5.29. The van der Waals surface area contributed by atoms with Crippen LogP contribution in [0.25, 0.3) is 0 Å². The monoisotopic (exact) mass is 271 g/mol. The van der Waals surface area contributed by atoms with Crippen molar-refractivity contribution in [1.82, 2.24) is 15.1 Å². The van der Waals surface area contributed by atoms with Crippen LogP contribution in [0.3, 0.4) is 0 Å². The first-order chi connectivity index (χ1) is 9.72. The summed E-state index contributed by atoms with van der Waals surface area (Å²) in [5.74, 6) is 0. The number of hydrogen-bond donors (Lipinski definition) is 1. The highest BCUT2D eigenvalue weighted by atomic mass is 15.2. The average molecular weight is 271 g/mol. The van der Waals surface area contributed by atoms with Gasteiger partial charge in [-0.05, 0) is 36.6 Å². The molecule has 1 heterocycles. The molecule has 0 bridgehead atoms. The van der Waals surface area contributed by atoms with E-state index in [1.807, 2.05) is 17.9 Å². The first-order valence-electron chi connectivity index (χ1n) is 7.53. The lowest BCUT2D eigenvalue weighted by molar-refractivity contribution is 0.521. The minimum Gasteiger partial charge on any atom is -0.310 e. The number of benzene rings is 1. The molecule has 20 heavy (non-hydrogen) atoms. The van der Waals surface area contributed by atoms with E-state index in [-0.39, 0.29) is 0 Å². The lowest BCUT2D eigenvalue weighted by Crippen LogP contribution is -2.24. The van der Waals surface area contributed by atoms with Gasteiger partial charge in [0.05, 0.1) is 5.69 Å². The molecule has 0 spiro atoms. The summed E-state index contributed by atoms with van der Waals surface area (Å²) >= 11 is 0. The standard InChI is InChI=1S/C17H25N3/c1-4-11-18-17(13-16-10-12-20(3)19-16)15-8-6-14(5-2)7-9-15/h6-10,12,17-18H,4-5,11,13H2,1-3H3. The van der Waals surface area contributed by atoms with Gasteiger partial charge in [-0.3, -0.25) is 4.68 Å². The Morgan fingerprint density at radius 1 is 1.15 bits per heavy atom. The summed E-state index contributed by atoms with van der Waals surface area (Å²) in [5, 5.41) is 8.13. The summed E-state index contributed by atoms with van der Waals surface area (Å²) in [7, 11) is 1.97. The Balaban J connectivity index is 2.12. The van der Waals surface area contributed by atoms with E-state index in [2.05, 4.69) is 54.6 Å². The summed E-state index contributed by atoms with van der Waals surface area (Å²) < 4.78 is 1.87. The lowest BCUT2D eigenvalue weighted by atomic mass is 10.00. The molecule has 0 aliphatic rings. The first kappa shape index (κ1) is 14.8. The van der Waals surface area contributed by atoms with Crippen LogP contribution in [-0.4, -0.2) is 16.3 Å². The maximum atomic E-state index is 4.49. The minimum atomic E-state index is 0.343.